The van der Waals surface area contributed by atoms with Gasteiger partial charge in [-0.05, 0) is 37.6 Å². The molecule has 0 saturated heterocycles. The van der Waals surface area contributed by atoms with E-state index in [9.17, 15) is 9.59 Å². The van der Waals surface area contributed by atoms with E-state index in [1.165, 1.54) is 12.5 Å². The number of hydrogen-bond donors (Lipinski definition) is 2. The van der Waals surface area contributed by atoms with Crippen LogP contribution < -0.4 is 15.4 Å². The molecule has 8 heteroatoms. The Balaban J connectivity index is 1.47. The Labute approximate surface area is 172 Å². The molecule has 4 rings (SSSR count). The highest BCUT2D eigenvalue weighted by Crippen LogP contribution is 2.35. The van der Waals surface area contributed by atoms with Gasteiger partial charge in [-0.1, -0.05) is 41.4 Å². The Morgan fingerprint density at radius 2 is 2.00 bits per heavy atom. The first-order valence-corrected chi connectivity index (χ1v) is 9.42. The van der Waals surface area contributed by atoms with Crippen molar-refractivity contribution < 1.29 is 14.3 Å². The van der Waals surface area contributed by atoms with Crippen LogP contribution in [-0.4, -0.2) is 27.2 Å². The number of ether oxygens (including phenoxy) is 1. The van der Waals surface area contributed by atoms with E-state index in [0.717, 1.165) is 5.56 Å². The molecular weight excluding hydrogens is 392 g/mol. The van der Waals surface area contributed by atoms with Gasteiger partial charge in [0.2, 0.25) is 0 Å². The molecule has 0 aliphatic carbocycles. The fourth-order valence-electron chi connectivity index (χ4n) is 2.98. The number of benzene rings is 2. The van der Waals surface area contributed by atoms with Crippen LogP contribution in [-0.2, 0) is 16.1 Å². The van der Waals surface area contributed by atoms with E-state index < -0.39 is 17.4 Å². The number of aromatic nitrogens is 2. The molecule has 2 amide bonds. The number of hydrogen-bond acceptors (Lipinski definition) is 4. The monoisotopic (exact) mass is 410 g/mol. The summed E-state index contributed by atoms with van der Waals surface area (Å²) in [4.78, 5) is 25.3. The van der Waals surface area contributed by atoms with Crippen molar-refractivity contribution in [1.29, 1.82) is 0 Å². The van der Waals surface area contributed by atoms with Crippen molar-refractivity contribution in [1.82, 2.24) is 9.78 Å². The third kappa shape index (κ3) is 3.82. The van der Waals surface area contributed by atoms with Gasteiger partial charge in [-0.25, -0.2) is 0 Å². The zero-order valence-electron chi connectivity index (χ0n) is 15.9. The summed E-state index contributed by atoms with van der Waals surface area (Å²) >= 11 is 5.94. The number of rotatable bonds is 4. The van der Waals surface area contributed by atoms with Gasteiger partial charge in [-0.2, -0.15) is 5.10 Å². The lowest BCUT2D eigenvalue weighted by Crippen LogP contribution is -2.56. The van der Waals surface area contributed by atoms with Gasteiger partial charge in [0.05, 0.1) is 12.2 Å². The predicted molar refractivity (Wildman–Crippen MR) is 110 cm³/mol. The number of halogens is 1. The molecule has 7 nitrogen and oxygen atoms in total. The highest BCUT2D eigenvalue weighted by molar-refractivity contribution is 6.31. The first-order valence-electron chi connectivity index (χ1n) is 9.04. The summed E-state index contributed by atoms with van der Waals surface area (Å²) in [6, 6.07) is 14.6. The van der Waals surface area contributed by atoms with Crippen LogP contribution >= 0.6 is 11.6 Å². The maximum absolute atomic E-state index is 12.8. The number of anilines is 2. The Kier molecular flexibility index (Phi) is 4.76. The number of fused-ring (bicyclic) bond motifs is 1. The number of nitrogens with zero attached hydrogens (tertiary/aromatic N) is 2. The molecule has 0 bridgehead atoms. The third-order valence-corrected chi connectivity index (χ3v) is 4.95. The highest BCUT2D eigenvalue weighted by Gasteiger charge is 2.47. The standard InChI is InChI=1S/C21H19ClN4O3/c1-13-3-5-14(6-4-13)12-26-10-9-18(25-26)24-20(28)21(2)19(27)23-16-11-15(22)7-8-17(16)29-21/h3-11H,12H2,1-2H3,(H,23,27)(H,24,25,28). The largest absolute Gasteiger partial charge is 0.466 e. The lowest BCUT2D eigenvalue weighted by molar-refractivity contribution is -0.143. The molecule has 1 aliphatic heterocycles. The van der Waals surface area contributed by atoms with Gasteiger partial charge in [-0.3, -0.25) is 14.3 Å². The van der Waals surface area contributed by atoms with Crippen molar-refractivity contribution in [2.45, 2.75) is 26.0 Å². The van der Waals surface area contributed by atoms with Crippen LogP contribution in [0.2, 0.25) is 5.02 Å². The topological polar surface area (TPSA) is 85.3 Å². The van der Waals surface area contributed by atoms with E-state index in [2.05, 4.69) is 15.7 Å². The highest BCUT2D eigenvalue weighted by atomic mass is 35.5. The first-order chi connectivity index (χ1) is 13.8. The molecule has 2 aromatic carbocycles. The fraction of sp³-hybridized carbons (Fsp3) is 0.190. The Morgan fingerprint density at radius 1 is 1.24 bits per heavy atom. The molecule has 0 saturated carbocycles. The first kappa shape index (κ1) is 19.0. The van der Waals surface area contributed by atoms with Crippen molar-refractivity contribution in [3.05, 3.63) is 70.9 Å². The molecule has 1 unspecified atom stereocenters. The van der Waals surface area contributed by atoms with E-state index in [4.69, 9.17) is 16.3 Å². The maximum Gasteiger partial charge on any atom is 0.279 e. The summed E-state index contributed by atoms with van der Waals surface area (Å²) in [5.74, 6) is -0.488. The Hall–Kier alpha value is -3.32. The van der Waals surface area contributed by atoms with E-state index in [1.54, 1.807) is 35.1 Å². The van der Waals surface area contributed by atoms with Gasteiger partial charge in [0, 0.05) is 17.3 Å². The minimum atomic E-state index is -1.73. The lowest BCUT2D eigenvalue weighted by Gasteiger charge is -2.33. The van der Waals surface area contributed by atoms with Gasteiger partial charge in [-0.15, -0.1) is 0 Å². The van der Waals surface area contributed by atoms with Crippen molar-refractivity contribution >= 4 is 34.9 Å². The summed E-state index contributed by atoms with van der Waals surface area (Å²) in [6.45, 7) is 4.01. The molecule has 0 spiro atoms. The molecule has 1 aromatic heterocycles. The number of amides is 2. The van der Waals surface area contributed by atoms with Gasteiger partial charge in [0.15, 0.2) is 5.82 Å². The summed E-state index contributed by atoms with van der Waals surface area (Å²) in [7, 11) is 0. The molecule has 0 fully saturated rings. The fourth-order valence-corrected chi connectivity index (χ4v) is 3.15. The second-order valence-electron chi connectivity index (χ2n) is 7.07. The second kappa shape index (κ2) is 7.25. The average molecular weight is 411 g/mol. The molecule has 1 atom stereocenters. The zero-order valence-corrected chi connectivity index (χ0v) is 16.7. The van der Waals surface area contributed by atoms with Crippen molar-refractivity contribution in [2.24, 2.45) is 0 Å². The SMILES string of the molecule is Cc1ccc(Cn2ccc(NC(=O)C3(C)Oc4ccc(Cl)cc4NC3=O)n2)cc1. The molecule has 3 aromatic rings. The summed E-state index contributed by atoms with van der Waals surface area (Å²) in [6.07, 6.45) is 1.76. The van der Waals surface area contributed by atoms with E-state index in [1.807, 2.05) is 31.2 Å². The van der Waals surface area contributed by atoms with Crippen LogP contribution in [0.5, 0.6) is 5.75 Å². The molecule has 148 valence electrons. The number of carbonyl (C=O) groups is 2. The minimum Gasteiger partial charge on any atom is -0.466 e. The lowest BCUT2D eigenvalue weighted by atomic mass is 10.0. The van der Waals surface area contributed by atoms with E-state index >= 15 is 0 Å². The Bertz CT molecular complexity index is 1090. The minimum absolute atomic E-state index is 0.335. The quantitative estimate of drug-likeness (QED) is 0.643. The van der Waals surface area contributed by atoms with Crippen LogP contribution in [0, 0.1) is 6.92 Å². The molecule has 1 aliphatic rings. The van der Waals surface area contributed by atoms with Gasteiger partial charge in [0.1, 0.15) is 5.75 Å². The predicted octanol–water partition coefficient (Wildman–Crippen LogP) is 3.62. The van der Waals surface area contributed by atoms with Crippen molar-refractivity contribution in [3.63, 3.8) is 0 Å². The second-order valence-corrected chi connectivity index (χ2v) is 7.50. The molecule has 0 radical (unpaired) electrons. The smallest absolute Gasteiger partial charge is 0.279 e. The molecular formula is C21H19ClN4O3. The summed E-state index contributed by atoms with van der Waals surface area (Å²) < 4.78 is 7.43. The van der Waals surface area contributed by atoms with Crippen LogP contribution in [0.15, 0.2) is 54.7 Å². The molecule has 29 heavy (non-hydrogen) atoms. The third-order valence-electron chi connectivity index (χ3n) is 4.72. The zero-order chi connectivity index (χ0) is 20.6. The number of nitrogens with one attached hydrogen (secondary N) is 2. The van der Waals surface area contributed by atoms with Crippen molar-refractivity contribution in [2.75, 3.05) is 10.6 Å². The summed E-state index contributed by atoms with van der Waals surface area (Å²) in [5, 5.41) is 10.1. The molecule has 2 N–H and O–H groups in total. The van der Waals surface area contributed by atoms with Crippen LogP contribution in [0.3, 0.4) is 0 Å². The van der Waals surface area contributed by atoms with Crippen molar-refractivity contribution in [3.8, 4) is 5.75 Å². The van der Waals surface area contributed by atoms with Gasteiger partial charge < -0.3 is 15.4 Å². The van der Waals surface area contributed by atoms with Gasteiger partial charge in [0.25, 0.3) is 17.4 Å². The normalized spacial score (nSPS) is 17.8. The van der Waals surface area contributed by atoms with E-state index in [-0.39, 0.29) is 0 Å². The van der Waals surface area contributed by atoms with E-state index in [0.29, 0.717) is 28.8 Å². The van der Waals surface area contributed by atoms with Crippen LogP contribution in [0.25, 0.3) is 0 Å². The average Bonchev–Trinajstić information content (AvgIpc) is 3.11. The number of aryl methyl sites for hydroxylation is 1. The summed E-state index contributed by atoms with van der Waals surface area (Å²) in [5.41, 5.74) is 0.968. The van der Waals surface area contributed by atoms with Gasteiger partial charge >= 0.3 is 0 Å². The number of carbonyl (C=O) groups excluding carboxylic acids is 2. The van der Waals surface area contributed by atoms with Crippen LogP contribution in [0.4, 0.5) is 11.5 Å². The Morgan fingerprint density at radius 3 is 2.76 bits per heavy atom. The van der Waals surface area contributed by atoms with Crippen LogP contribution in [0.1, 0.15) is 18.1 Å². The maximum atomic E-state index is 12.8. The molecule has 2 heterocycles.